The van der Waals surface area contributed by atoms with Crippen LogP contribution in [0.3, 0.4) is 0 Å². The highest BCUT2D eigenvalue weighted by Gasteiger charge is 2.17. The van der Waals surface area contributed by atoms with Crippen molar-refractivity contribution in [2.75, 3.05) is 24.5 Å². The molecule has 2 heterocycles. The van der Waals surface area contributed by atoms with Gasteiger partial charge in [-0.25, -0.2) is 4.98 Å². The van der Waals surface area contributed by atoms with Crippen LogP contribution < -0.4 is 16.0 Å². The van der Waals surface area contributed by atoms with Gasteiger partial charge in [0.2, 0.25) is 0 Å². The Morgan fingerprint density at radius 1 is 1.07 bits per heavy atom. The van der Waals surface area contributed by atoms with Crippen molar-refractivity contribution >= 4 is 22.5 Å². The van der Waals surface area contributed by atoms with E-state index in [1.807, 2.05) is 30.3 Å². The van der Waals surface area contributed by atoms with Crippen molar-refractivity contribution in [3.63, 3.8) is 0 Å². The first-order valence-electron chi connectivity index (χ1n) is 9.45. The highest BCUT2D eigenvalue weighted by atomic mass is 16.1. The summed E-state index contributed by atoms with van der Waals surface area (Å²) in [5.74, 6) is 0.785. The molecule has 27 heavy (non-hydrogen) atoms. The van der Waals surface area contributed by atoms with Crippen LogP contribution in [0.25, 0.3) is 10.8 Å². The van der Waals surface area contributed by atoms with Gasteiger partial charge in [0.1, 0.15) is 5.82 Å². The van der Waals surface area contributed by atoms with Gasteiger partial charge in [-0.05, 0) is 47.4 Å². The van der Waals surface area contributed by atoms with Crippen molar-refractivity contribution in [3.05, 3.63) is 71.9 Å². The first-order chi connectivity index (χ1) is 13.2. The number of rotatable bonds is 5. The highest BCUT2D eigenvalue weighted by Crippen LogP contribution is 2.21. The van der Waals surface area contributed by atoms with Crippen LogP contribution in [-0.2, 0) is 0 Å². The van der Waals surface area contributed by atoms with E-state index in [1.165, 1.54) is 18.2 Å². The minimum Gasteiger partial charge on any atom is -0.357 e. The lowest BCUT2D eigenvalue weighted by Gasteiger charge is -2.19. The predicted octanol–water partition coefficient (Wildman–Crippen LogP) is 3.26. The summed E-state index contributed by atoms with van der Waals surface area (Å²) in [6.07, 6.45) is 4.05. The zero-order valence-electron chi connectivity index (χ0n) is 15.3. The monoisotopic (exact) mass is 360 g/mol. The van der Waals surface area contributed by atoms with E-state index in [9.17, 15) is 4.79 Å². The molecule has 3 N–H and O–H groups in total. The first-order valence-corrected chi connectivity index (χ1v) is 9.45. The van der Waals surface area contributed by atoms with Crippen molar-refractivity contribution in [1.29, 1.82) is 0 Å². The maximum atomic E-state index is 12.7. The summed E-state index contributed by atoms with van der Waals surface area (Å²) in [6.45, 7) is 2.41. The Kier molecular flexibility index (Phi) is 5.03. The quantitative estimate of drug-likeness (QED) is 0.733. The van der Waals surface area contributed by atoms with Gasteiger partial charge >= 0.3 is 0 Å². The number of amides is 1. The fourth-order valence-electron chi connectivity index (χ4n) is 3.60. The maximum absolute atomic E-state index is 12.7. The van der Waals surface area contributed by atoms with E-state index < -0.39 is 0 Å². The Morgan fingerprint density at radius 3 is 2.56 bits per heavy atom. The van der Waals surface area contributed by atoms with Crippen LogP contribution >= 0.6 is 0 Å². The summed E-state index contributed by atoms with van der Waals surface area (Å²) in [4.78, 5) is 19.4. The second kappa shape index (κ2) is 7.76. The van der Waals surface area contributed by atoms with E-state index in [0.717, 1.165) is 29.9 Å². The van der Waals surface area contributed by atoms with Gasteiger partial charge in [-0.3, -0.25) is 4.79 Å². The molecule has 0 radical (unpaired) electrons. The summed E-state index contributed by atoms with van der Waals surface area (Å²) in [5.41, 5.74) is 7.50. The molecular weight excluding hydrogens is 336 g/mol. The van der Waals surface area contributed by atoms with Gasteiger partial charge in [0.25, 0.3) is 5.91 Å². The Morgan fingerprint density at radius 2 is 1.85 bits per heavy atom. The van der Waals surface area contributed by atoms with Crippen LogP contribution in [0.1, 0.15) is 34.8 Å². The molecule has 0 saturated carbocycles. The van der Waals surface area contributed by atoms with Crippen LogP contribution in [0.15, 0.2) is 60.8 Å². The van der Waals surface area contributed by atoms with Crippen LogP contribution in [-0.4, -0.2) is 30.5 Å². The van der Waals surface area contributed by atoms with Crippen molar-refractivity contribution in [3.8, 4) is 0 Å². The molecule has 1 aromatic heterocycles. The molecule has 2 aromatic carbocycles. The Balaban J connectivity index is 1.49. The average molecular weight is 360 g/mol. The molecule has 5 heteroatoms. The standard InChI is InChI=1S/C22H24N4O/c23-14-20(18-8-7-16-5-1-2-6-17(16)13-18)25-22(27)19-9-10-21(24-15-19)26-11-3-4-12-26/h1-2,5-10,13,15,20H,3-4,11-12,14,23H2,(H,25,27). The molecule has 5 nitrogen and oxygen atoms in total. The normalized spacial score (nSPS) is 15.1. The summed E-state index contributed by atoms with van der Waals surface area (Å²) in [6, 6.07) is 17.9. The Labute approximate surface area is 159 Å². The number of anilines is 1. The fraction of sp³-hybridized carbons (Fsp3) is 0.273. The van der Waals surface area contributed by atoms with E-state index in [-0.39, 0.29) is 11.9 Å². The summed E-state index contributed by atoms with van der Waals surface area (Å²) in [5, 5.41) is 5.35. The summed E-state index contributed by atoms with van der Waals surface area (Å²) >= 11 is 0. The van der Waals surface area contributed by atoms with E-state index in [2.05, 4.69) is 39.5 Å². The van der Waals surface area contributed by atoms with Gasteiger partial charge in [0.15, 0.2) is 0 Å². The molecule has 1 atom stereocenters. The molecule has 0 bridgehead atoms. The van der Waals surface area contributed by atoms with E-state index in [0.29, 0.717) is 12.1 Å². The summed E-state index contributed by atoms with van der Waals surface area (Å²) < 4.78 is 0. The number of hydrogen-bond acceptors (Lipinski definition) is 4. The van der Waals surface area contributed by atoms with Crippen LogP contribution in [0.2, 0.25) is 0 Å². The highest BCUT2D eigenvalue weighted by molar-refractivity contribution is 5.94. The third-order valence-corrected chi connectivity index (χ3v) is 5.16. The third-order valence-electron chi connectivity index (χ3n) is 5.16. The number of hydrogen-bond donors (Lipinski definition) is 2. The second-order valence-electron chi connectivity index (χ2n) is 6.97. The Bertz CT molecular complexity index is 932. The van der Waals surface area contributed by atoms with Gasteiger partial charge in [-0.1, -0.05) is 36.4 Å². The largest absolute Gasteiger partial charge is 0.357 e. The molecule has 1 amide bonds. The number of carbonyl (C=O) groups is 1. The molecule has 1 aliphatic heterocycles. The van der Waals surface area contributed by atoms with E-state index in [1.54, 1.807) is 6.20 Å². The average Bonchev–Trinajstić information content (AvgIpc) is 3.26. The van der Waals surface area contributed by atoms with E-state index >= 15 is 0 Å². The van der Waals surface area contributed by atoms with Gasteiger partial charge < -0.3 is 16.0 Å². The molecule has 1 saturated heterocycles. The lowest BCUT2D eigenvalue weighted by Crippen LogP contribution is -2.33. The molecular formula is C22H24N4O. The first kappa shape index (κ1) is 17.5. The molecule has 3 aromatic rings. The number of pyridine rings is 1. The van der Waals surface area contributed by atoms with E-state index in [4.69, 9.17) is 5.73 Å². The maximum Gasteiger partial charge on any atom is 0.253 e. The van der Waals surface area contributed by atoms with Gasteiger partial charge in [-0.2, -0.15) is 0 Å². The van der Waals surface area contributed by atoms with Crippen LogP contribution in [0, 0.1) is 0 Å². The number of fused-ring (bicyclic) bond motifs is 1. The number of benzene rings is 2. The van der Waals surface area contributed by atoms with Crippen LogP contribution in [0.4, 0.5) is 5.82 Å². The number of aromatic nitrogens is 1. The Hall–Kier alpha value is -2.92. The lowest BCUT2D eigenvalue weighted by molar-refractivity contribution is 0.0937. The number of nitrogens with two attached hydrogens (primary N) is 1. The van der Waals surface area contributed by atoms with Gasteiger partial charge in [0.05, 0.1) is 11.6 Å². The summed E-state index contributed by atoms with van der Waals surface area (Å²) in [7, 11) is 0. The molecule has 1 fully saturated rings. The predicted molar refractivity (Wildman–Crippen MR) is 109 cm³/mol. The number of nitrogens with zero attached hydrogens (tertiary/aromatic N) is 2. The topological polar surface area (TPSA) is 71.2 Å². The molecule has 4 rings (SSSR count). The minimum absolute atomic E-state index is 0.154. The third kappa shape index (κ3) is 3.78. The van der Waals surface area contributed by atoms with Crippen molar-refractivity contribution in [2.24, 2.45) is 5.73 Å². The fourth-order valence-corrected chi connectivity index (χ4v) is 3.60. The molecule has 138 valence electrons. The number of carbonyl (C=O) groups excluding carboxylic acids is 1. The van der Waals surface area contributed by atoms with Crippen molar-refractivity contribution < 1.29 is 4.79 Å². The smallest absolute Gasteiger partial charge is 0.253 e. The lowest BCUT2D eigenvalue weighted by atomic mass is 10.0. The SMILES string of the molecule is NCC(NC(=O)c1ccc(N2CCCC2)nc1)c1ccc2ccccc2c1. The zero-order valence-corrected chi connectivity index (χ0v) is 15.3. The minimum atomic E-state index is -0.236. The molecule has 1 unspecified atom stereocenters. The van der Waals surface area contributed by atoms with Gasteiger partial charge in [-0.15, -0.1) is 0 Å². The van der Waals surface area contributed by atoms with Crippen LogP contribution in [0.5, 0.6) is 0 Å². The molecule has 0 spiro atoms. The molecule has 0 aliphatic carbocycles. The zero-order chi connectivity index (χ0) is 18.6. The van der Waals surface area contributed by atoms with Gasteiger partial charge in [0, 0.05) is 25.8 Å². The number of nitrogens with one attached hydrogen (secondary N) is 1. The molecule has 1 aliphatic rings. The van der Waals surface area contributed by atoms with Crippen molar-refractivity contribution in [2.45, 2.75) is 18.9 Å². The van der Waals surface area contributed by atoms with Crippen molar-refractivity contribution in [1.82, 2.24) is 10.3 Å². The second-order valence-corrected chi connectivity index (χ2v) is 6.97.